The van der Waals surface area contributed by atoms with Crippen LogP contribution < -0.4 is 5.32 Å². The largest absolute Gasteiger partial charge is 0.337 e. The van der Waals surface area contributed by atoms with Crippen molar-refractivity contribution in [2.24, 2.45) is 0 Å². The van der Waals surface area contributed by atoms with Crippen LogP contribution in [0.5, 0.6) is 0 Å². The first-order chi connectivity index (χ1) is 8.18. The Morgan fingerprint density at radius 2 is 2.35 bits per heavy atom. The van der Waals surface area contributed by atoms with E-state index >= 15 is 0 Å². The second-order valence-corrected chi connectivity index (χ2v) is 4.60. The number of amides is 1. The number of pyridine rings is 1. The number of hydrogen-bond acceptors (Lipinski definition) is 3. The van der Waals surface area contributed by atoms with Crippen LogP contribution in [0.25, 0.3) is 0 Å². The maximum absolute atomic E-state index is 12.2. The first-order valence-electron chi connectivity index (χ1n) is 6.09. The lowest BCUT2D eigenvalue weighted by Crippen LogP contribution is -2.46. The minimum Gasteiger partial charge on any atom is -0.337 e. The number of carbonyl (C=O) groups is 1. The van der Waals surface area contributed by atoms with E-state index in [1.54, 1.807) is 6.20 Å². The molecule has 1 aliphatic rings. The standard InChI is InChI=1S/C13H19N3O/c1-10-5-6-11(8-15-10)13(17)16(2)12-4-3-7-14-9-12/h5-6,8,12,14H,3-4,7,9H2,1-2H3. The highest BCUT2D eigenvalue weighted by atomic mass is 16.2. The average Bonchev–Trinajstić information content (AvgIpc) is 2.39. The molecule has 1 fully saturated rings. The monoisotopic (exact) mass is 233 g/mol. The maximum Gasteiger partial charge on any atom is 0.255 e. The van der Waals surface area contributed by atoms with E-state index in [1.165, 1.54) is 0 Å². The first-order valence-corrected chi connectivity index (χ1v) is 6.09. The molecule has 0 bridgehead atoms. The van der Waals surface area contributed by atoms with Gasteiger partial charge in [-0.05, 0) is 38.4 Å². The van der Waals surface area contributed by atoms with E-state index < -0.39 is 0 Å². The number of aryl methyl sites for hydroxylation is 1. The number of nitrogens with zero attached hydrogens (tertiary/aromatic N) is 2. The summed E-state index contributed by atoms with van der Waals surface area (Å²) in [5, 5.41) is 3.32. The fourth-order valence-electron chi connectivity index (χ4n) is 2.13. The number of rotatable bonds is 2. The van der Waals surface area contributed by atoms with Crippen molar-refractivity contribution in [1.29, 1.82) is 0 Å². The minimum absolute atomic E-state index is 0.0613. The van der Waals surface area contributed by atoms with Gasteiger partial charge >= 0.3 is 0 Å². The van der Waals surface area contributed by atoms with Gasteiger partial charge in [0.1, 0.15) is 0 Å². The molecular formula is C13H19N3O. The molecule has 4 heteroatoms. The van der Waals surface area contributed by atoms with Crippen molar-refractivity contribution in [2.45, 2.75) is 25.8 Å². The molecule has 0 saturated carbocycles. The summed E-state index contributed by atoms with van der Waals surface area (Å²) in [6.07, 6.45) is 3.87. The molecule has 2 heterocycles. The van der Waals surface area contributed by atoms with Crippen molar-refractivity contribution >= 4 is 5.91 Å². The highest BCUT2D eigenvalue weighted by Gasteiger charge is 2.22. The van der Waals surface area contributed by atoms with Crippen molar-refractivity contribution in [3.8, 4) is 0 Å². The topological polar surface area (TPSA) is 45.2 Å². The van der Waals surface area contributed by atoms with Crippen LogP contribution in [0, 0.1) is 6.92 Å². The Labute approximate surface area is 102 Å². The van der Waals surface area contributed by atoms with Crippen molar-refractivity contribution in [1.82, 2.24) is 15.2 Å². The number of carbonyl (C=O) groups excluding carboxylic acids is 1. The Morgan fingerprint density at radius 3 is 2.94 bits per heavy atom. The van der Waals surface area contributed by atoms with E-state index in [0.717, 1.165) is 31.6 Å². The Kier molecular flexibility index (Phi) is 3.74. The Morgan fingerprint density at radius 1 is 1.53 bits per heavy atom. The smallest absolute Gasteiger partial charge is 0.255 e. The van der Waals surface area contributed by atoms with Crippen LogP contribution >= 0.6 is 0 Å². The second kappa shape index (κ2) is 5.27. The molecule has 1 amide bonds. The summed E-state index contributed by atoms with van der Waals surface area (Å²) in [7, 11) is 1.87. The second-order valence-electron chi connectivity index (χ2n) is 4.60. The maximum atomic E-state index is 12.2. The predicted octanol–water partition coefficient (Wildman–Crippen LogP) is 1.21. The van der Waals surface area contributed by atoms with Crippen LogP contribution in [-0.2, 0) is 0 Å². The molecule has 1 saturated heterocycles. The summed E-state index contributed by atoms with van der Waals surface area (Å²) in [5.41, 5.74) is 1.60. The van der Waals surface area contributed by atoms with Gasteiger partial charge in [-0.2, -0.15) is 0 Å². The van der Waals surface area contributed by atoms with Crippen LogP contribution in [0.3, 0.4) is 0 Å². The third-order valence-electron chi connectivity index (χ3n) is 3.30. The van der Waals surface area contributed by atoms with Crippen LogP contribution in [0.4, 0.5) is 0 Å². The van der Waals surface area contributed by atoms with E-state index in [2.05, 4.69) is 10.3 Å². The molecule has 1 N–H and O–H groups in total. The number of piperidine rings is 1. The lowest BCUT2D eigenvalue weighted by atomic mass is 10.1. The molecule has 1 unspecified atom stereocenters. The Bertz CT molecular complexity index is 382. The molecule has 1 aromatic rings. The molecule has 0 aliphatic carbocycles. The third kappa shape index (κ3) is 2.82. The van der Waals surface area contributed by atoms with Gasteiger partial charge in [0.2, 0.25) is 0 Å². The van der Waals surface area contributed by atoms with Crippen LogP contribution in [0.2, 0.25) is 0 Å². The number of aromatic nitrogens is 1. The Hall–Kier alpha value is -1.42. The average molecular weight is 233 g/mol. The minimum atomic E-state index is 0.0613. The van der Waals surface area contributed by atoms with Crippen LogP contribution in [0.15, 0.2) is 18.3 Å². The van der Waals surface area contributed by atoms with Crippen molar-refractivity contribution in [3.63, 3.8) is 0 Å². The summed E-state index contributed by atoms with van der Waals surface area (Å²) in [4.78, 5) is 18.2. The van der Waals surface area contributed by atoms with E-state index in [0.29, 0.717) is 11.6 Å². The molecule has 2 rings (SSSR count). The third-order valence-corrected chi connectivity index (χ3v) is 3.30. The first kappa shape index (κ1) is 12.0. The quantitative estimate of drug-likeness (QED) is 0.835. The molecule has 0 radical (unpaired) electrons. The normalized spacial score (nSPS) is 20.0. The van der Waals surface area contributed by atoms with Crippen LogP contribution in [0.1, 0.15) is 28.9 Å². The lowest BCUT2D eigenvalue weighted by molar-refractivity contribution is 0.0708. The summed E-state index contributed by atoms with van der Waals surface area (Å²) in [5.74, 6) is 0.0613. The predicted molar refractivity (Wildman–Crippen MR) is 67.0 cm³/mol. The van der Waals surface area contributed by atoms with Gasteiger partial charge in [0.25, 0.3) is 5.91 Å². The summed E-state index contributed by atoms with van der Waals surface area (Å²) in [6.45, 7) is 3.87. The van der Waals surface area contributed by atoms with E-state index in [9.17, 15) is 4.79 Å². The molecule has 0 aromatic carbocycles. The molecule has 0 spiro atoms. The number of hydrogen-bond donors (Lipinski definition) is 1. The summed E-state index contributed by atoms with van der Waals surface area (Å²) >= 11 is 0. The van der Waals surface area contributed by atoms with E-state index in [-0.39, 0.29) is 5.91 Å². The van der Waals surface area contributed by atoms with Gasteiger partial charge < -0.3 is 10.2 Å². The molecular weight excluding hydrogens is 214 g/mol. The van der Waals surface area contributed by atoms with E-state index in [1.807, 2.05) is 31.0 Å². The molecule has 1 atom stereocenters. The van der Waals surface area contributed by atoms with Crippen molar-refractivity contribution in [3.05, 3.63) is 29.6 Å². The van der Waals surface area contributed by atoms with E-state index in [4.69, 9.17) is 0 Å². The number of nitrogens with one attached hydrogen (secondary N) is 1. The van der Waals surface area contributed by atoms with Gasteiger partial charge in [0, 0.05) is 31.5 Å². The number of likely N-dealkylation sites (N-methyl/N-ethyl adjacent to an activating group) is 1. The van der Waals surface area contributed by atoms with Gasteiger partial charge in [-0.3, -0.25) is 9.78 Å². The highest BCUT2D eigenvalue weighted by Crippen LogP contribution is 2.12. The fourth-order valence-corrected chi connectivity index (χ4v) is 2.13. The fraction of sp³-hybridized carbons (Fsp3) is 0.538. The van der Waals surface area contributed by atoms with Crippen molar-refractivity contribution < 1.29 is 4.79 Å². The lowest BCUT2D eigenvalue weighted by Gasteiger charge is -2.31. The molecule has 1 aromatic heterocycles. The zero-order valence-corrected chi connectivity index (χ0v) is 10.4. The summed E-state index contributed by atoms with van der Waals surface area (Å²) in [6, 6.07) is 4.02. The SMILES string of the molecule is Cc1ccc(C(=O)N(C)C2CCCNC2)cn1. The highest BCUT2D eigenvalue weighted by molar-refractivity contribution is 5.93. The van der Waals surface area contributed by atoms with Gasteiger partial charge in [-0.25, -0.2) is 0 Å². The van der Waals surface area contributed by atoms with Gasteiger partial charge in [-0.1, -0.05) is 0 Å². The van der Waals surface area contributed by atoms with Crippen LogP contribution in [-0.4, -0.2) is 42.0 Å². The van der Waals surface area contributed by atoms with Gasteiger partial charge in [0.05, 0.1) is 5.56 Å². The van der Waals surface area contributed by atoms with Gasteiger partial charge in [0.15, 0.2) is 0 Å². The molecule has 4 nitrogen and oxygen atoms in total. The zero-order chi connectivity index (χ0) is 12.3. The van der Waals surface area contributed by atoms with Crippen molar-refractivity contribution in [2.75, 3.05) is 20.1 Å². The Balaban J connectivity index is 2.05. The molecule has 1 aliphatic heterocycles. The molecule has 17 heavy (non-hydrogen) atoms. The zero-order valence-electron chi connectivity index (χ0n) is 10.4. The molecule has 92 valence electrons. The summed E-state index contributed by atoms with van der Waals surface area (Å²) < 4.78 is 0. The van der Waals surface area contributed by atoms with Gasteiger partial charge in [-0.15, -0.1) is 0 Å².